The molecule has 2 aromatic carbocycles. The predicted molar refractivity (Wildman–Crippen MR) is 109 cm³/mol. The summed E-state index contributed by atoms with van der Waals surface area (Å²) in [6.07, 6.45) is 2.90. The molecule has 3 rings (SSSR count). The zero-order valence-corrected chi connectivity index (χ0v) is 30.9. The molecule has 2 aromatic rings. The first-order valence-electron chi connectivity index (χ1n) is 9.33. The number of unbranched alkanes of at least 4 members (excludes halogenated alkanes) is 2. The maximum atomic E-state index is 11.4. The summed E-state index contributed by atoms with van der Waals surface area (Å²) in [7, 11) is -7.69. The maximum absolute atomic E-state index is 11.4. The summed E-state index contributed by atoms with van der Waals surface area (Å²) in [5.74, 6) is -1.04. The molecule has 34 heavy (non-hydrogen) atoms. The number of rotatable bonds is 7. The standard InChI is InChI=1S/C20H22NO5S.3K.O3S/c1-13-20(2,11-5-3-4-6-18(22)23)19-16-12-15(27(24,25)26)9-7-14(16)8-10-17(19)21-13;;;;1-4(2)3/h8-10,12H,3-6,11H2,1-2H3,(H,22,23)(H,24,25,26);;;;/q-1;3*+1;/p-2. The second-order valence-corrected chi connectivity index (χ2v) is 9.16. The molecule has 0 saturated heterocycles. The van der Waals surface area contributed by atoms with E-state index in [2.05, 4.69) is 11.1 Å². The van der Waals surface area contributed by atoms with E-state index in [9.17, 15) is 22.9 Å². The molecule has 0 N–H and O–H groups in total. The van der Waals surface area contributed by atoms with Crippen molar-refractivity contribution in [1.29, 1.82) is 0 Å². The first kappa shape index (κ1) is 38.4. The number of carboxylic acid groups (broad SMARTS) is 1. The SMILES string of the molecule is CC1=Nc2ccc3[c-]cc(S(=O)(=O)[O-])cc3c2C1(C)CCCCCC(=O)[O-].O=S(=O)=O.[K+].[K+].[K+]. The number of carbonyl (C=O) groups excluding carboxylic acids is 1. The Labute approximate surface area is 328 Å². The molecule has 1 atom stereocenters. The van der Waals surface area contributed by atoms with Crippen LogP contribution in [-0.4, -0.2) is 37.3 Å². The van der Waals surface area contributed by atoms with Gasteiger partial charge in [0.2, 0.25) is 0 Å². The van der Waals surface area contributed by atoms with Gasteiger partial charge in [-0.1, -0.05) is 25.8 Å². The van der Waals surface area contributed by atoms with Crippen LogP contribution in [0.2, 0.25) is 0 Å². The Kier molecular flexibility index (Phi) is 19.3. The Balaban J connectivity index is 0. The van der Waals surface area contributed by atoms with E-state index in [0.717, 1.165) is 41.6 Å². The quantitative estimate of drug-likeness (QED) is 0.134. The zero-order valence-electron chi connectivity index (χ0n) is 19.9. The van der Waals surface area contributed by atoms with Crippen LogP contribution in [0, 0.1) is 6.07 Å². The van der Waals surface area contributed by atoms with E-state index in [1.807, 2.05) is 26.0 Å². The number of aliphatic imine (C=N–C) groups is 1. The van der Waals surface area contributed by atoms with Crippen LogP contribution >= 0.6 is 0 Å². The van der Waals surface area contributed by atoms with Crippen LogP contribution < -0.4 is 159 Å². The van der Waals surface area contributed by atoms with E-state index in [1.54, 1.807) is 0 Å². The van der Waals surface area contributed by atoms with Crippen LogP contribution in [0.15, 0.2) is 34.2 Å². The zero-order chi connectivity index (χ0) is 23.4. The Morgan fingerprint density at radius 2 is 1.71 bits per heavy atom. The van der Waals surface area contributed by atoms with Gasteiger partial charge in [0, 0.05) is 22.8 Å². The Hall–Kier alpha value is 2.28. The third-order valence-corrected chi connectivity index (χ3v) is 6.18. The van der Waals surface area contributed by atoms with Gasteiger partial charge < -0.3 is 14.5 Å². The van der Waals surface area contributed by atoms with Crippen molar-refractivity contribution in [1.82, 2.24) is 0 Å². The van der Waals surface area contributed by atoms with Crippen LogP contribution in [0.5, 0.6) is 0 Å². The molecular formula is C20H20K3NO8S2. The molecule has 14 heteroatoms. The van der Waals surface area contributed by atoms with Gasteiger partial charge >= 0.3 is 165 Å². The smallest absolute Gasteiger partial charge is 0.752 e. The fourth-order valence-electron chi connectivity index (χ4n) is 3.75. The number of hydrogen-bond donors (Lipinski definition) is 0. The van der Waals surface area contributed by atoms with Crippen LogP contribution in [-0.2, 0) is 30.9 Å². The van der Waals surface area contributed by atoms with E-state index in [4.69, 9.17) is 12.6 Å². The number of hydrogen-bond acceptors (Lipinski definition) is 9. The number of carbonyl (C=O) groups is 1. The van der Waals surface area contributed by atoms with Crippen LogP contribution in [0.4, 0.5) is 5.69 Å². The molecule has 1 heterocycles. The molecule has 1 aliphatic rings. The monoisotopic (exact) mass is 583 g/mol. The Morgan fingerprint density at radius 3 is 2.24 bits per heavy atom. The van der Waals surface area contributed by atoms with E-state index < -0.39 is 32.1 Å². The molecule has 0 aliphatic carbocycles. The summed E-state index contributed by atoms with van der Waals surface area (Å²) < 4.78 is 59.7. The molecule has 1 aliphatic heterocycles. The Morgan fingerprint density at radius 1 is 1.12 bits per heavy atom. The van der Waals surface area contributed by atoms with E-state index >= 15 is 0 Å². The largest absolute Gasteiger partial charge is 1.00 e. The number of fused-ring (bicyclic) bond motifs is 3. The van der Waals surface area contributed by atoms with Crippen LogP contribution in [0.1, 0.15) is 51.5 Å². The van der Waals surface area contributed by atoms with Gasteiger partial charge in [-0.25, -0.2) is 8.42 Å². The van der Waals surface area contributed by atoms with Crippen molar-refractivity contribution in [2.45, 2.75) is 56.3 Å². The number of nitrogens with zero attached hydrogens (tertiary/aromatic N) is 1. The number of aliphatic carboxylic acids is 1. The summed E-state index contributed by atoms with van der Waals surface area (Å²) in [4.78, 5) is 14.9. The first-order chi connectivity index (χ1) is 14.4. The fourth-order valence-corrected chi connectivity index (χ4v) is 4.21. The van der Waals surface area contributed by atoms with Gasteiger partial charge in [0.15, 0.2) is 0 Å². The molecular weight excluding hydrogens is 564 g/mol. The number of benzene rings is 2. The minimum absolute atomic E-state index is 0. The molecule has 0 amide bonds. The average molecular weight is 584 g/mol. The van der Waals surface area contributed by atoms with Crippen molar-refractivity contribution in [3.05, 3.63) is 35.9 Å². The molecule has 0 radical (unpaired) electrons. The van der Waals surface area contributed by atoms with Crippen molar-refractivity contribution < 1.29 is 190 Å². The minimum Gasteiger partial charge on any atom is -0.752 e. The van der Waals surface area contributed by atoms with Crippen molar-refractivity contribution in [3.8, 4) is 0 Å². The van der Waals surface area contributed by atoms with Gasteiger partial charge in [-0.05, 0) is 36.6 Å². The van der Waals surface area contributed by atoms with Crippen molar-refractivity contribution >= 4 is 48.9 Å². The van der Waals surface area contributed by atoms with Crippen molar-refractivity contribution in [2.24, 2.45) is 4.99 Å². The Bertz CT molecular complexity index is 1260. The van der Waals surface area contributed by atoms with E-state index in [1.165, 1.54) is 12.1 Å². The van der Waals surface area contributed by atoms with Crippen LogP contribution in [0.3, 0.4) is 0 Å². The van der Waals surface area contributed by atoms with E-state index in [0.29, 0.717) is 11.8 Å². The van der Waals surface area contributed by atoms with Gasteiger partial charge in [0.25, 0.3) is 0 Å². The third kappa shape index (κ3) is 10.8. The normalized spacial score (nSPS) is 15.9. The average Bonchev–Trinajstić information content (AvgIpc) is 2.90. The predicted octanol–water partition coefficient (Wildman–Crippen LogP) is -7.38. The fraction of sp³-hybridized carbons (Fsp3) is 0.400. The molecule has 0 fully saturated rings. The first-order valence-corrected chi connectivity index (χ1v) is 11.7. The van der Waals surface area contributed by atoms with E-state index in [-0.39, 0.29) is 165 Å². The second kappa shape index (κ2) is 17.1. The summed E-state index contributed by atoms with van der Waals surface area (Å²) in [6.45, 7) is 3.99. The van der Waals surface area contributed by atoms with Gasteiger partial charge in [-0.2, -0.15) is 0 Å². The molecule has 0 saturated carbocycles. The minimum atomic E-state index is -4.58. The van der Waals surface area contributed by atoms with Crippen molar-refractivity contribution in [3.63, 3.8) is 0 Å². The van der Waals surface area contributed by atoms with Gasteiger partial charge in [0.05, 0.1) is 10.1 Å². The molecule has 0 bridgehead atoms. The van der Waals surface area contributed by atoms with Crippen molar-refractivity contribution in [2.75, 3.05) is 0 Å². The van der Waals surface area contributed by atoms with Crippen LogP contribution in [0.25, 0.3) is 10.8 Å². The molecule has 9 nitrogen and oxygen atoms in total. The summed E-state index contributed by atoms with van der Waals surface area (Å²) in [5, 5.41) is 11.9. The van der Waals surface area contributed by atoms with Gasteiger partial charge in [-0.15, -0.1) is 47.7 Å². The maximum Gasteiger partial charge on any atom is 1.00 e. The topological polar surface area (TPSA) is 161 Å². The number of carboxylic acids is 1. The van der Waals surface area contributed by atoms with Gasteiger partial charge in [0.1, 0.15) is 0 Å². The molecule has 168 valence electrons. The summed E-state index contributed by atoms with van der Waals surface area (Å²) in [5.41, 5.74) is 2.18. The summed E-state index contributed by atoms with van der Waals surface area (Å²) >= 11 is 0. The van der Waals surface area contributed by atoms with Gasteiger partial charge in [-0.3, -0.25) is 4.99 Å². The molecule has 0 spiro atoms. The molecule has 0 aromatic heterocycles. The molecule has 1 unspecified atom stereocenters. The second-order valence-electron chi connectivity index (χ2n) is 7.38. The summed E-state index contributed by atoms with van der Waals surface area (Å²) in [6, 6.07) is 9.21. The third-order valence-electron chi connectivity index (χ3n) is 5.36.